The Bertz CT molecular complexity index is 599. The van der Waals surface area contributed by atoms with Gasteiger partial charge in [-0.05, 0) is 23.5 Å². The molecular formula is C14H14BFO3. The van der Waals surface area contributed by atoms with Gasteiger partial charge in [-0.2, -0.15) is 0 Å². The molecule has 0 saturated heterocycles. The Kier molecular flexibility index (Phi) is 3.88. The molecule has 0 amide bonds. The zero-order valence-electron chi connectivity index (χ0n) is 10.7. The monoisotopic (exact) mass is 260 g/mol. The quantitative estimate of drug-likeness (QED) is 0.822. The van der Waals surface area contributed by atoms with Gasteiger partial charge in [-0.3, -0.25) is 0 Å². The topological polar surface area (TPSA) is 49.7 Å². The molecule has 0 atom stereocenters. The van der Waals surface area contributed by atoms with E-state index in [0.717, 1.165) is 0 Å². The minimum atomic E-state index is -1.62. The zero-order chi connectivity index (χ0) is 14.0. The summed E-state index contributed by atoms with van der Waals surface area (Å²) in [6, 6.07) is 10.1. The number of benzene rings is 2. The molecule has 5 heteroatoms. The molecule has 0 saturated carbocycles. The average Bonchev–Trinajstić information content (AvgIpc) is 2.41. The molecule has 0 spiro atoms. The highest BCUT2D eigenvalue weighted by atomic mass is 19.1. The molecule has 19 heavy (non-hydrogen) atoms. The van der Waals surface area contributed by atoms with Crippen molar-refractivity contribution in [1.82, 2.24) is 0 Å². The van der Waals surface area contributed by atoms with E-state index in [2.05, 4.69) is 0 Å². The fourth-order valence-corrected chi connectivity index (χ4v) is 2.03. The Morgan fingerprint density at radius 3 is 2.37 bits per heavy atom. The molecule has 0 aliphatic rings. The van der Waals surface area contributed by atoms with Crippen molar-refractivity contribution in [2.45, 2.75) is 6.92 Å². The number of hydrogen-bond acceptors (Lipinski definition) is 3. The van der Waals surface area contributed by atoms with Crippen LogP contribution in [0.25, 0.3) is 11.1 Å². The Morgan fingerprint density at radius 1 is 1.05 bits per heavy atom. The first-order chi connectivity index (χ1) is 9.06. The lowest BCUT2D eigenvalue weighted by molar-refractivity contribution is 0.387. The van der Waals surface area contributed by atoms with E-state index < -0.39 is 12.9 Å². The molecule has 0 heterocycles. The summed E-state index contributed by atoms with van der Waals surface area (Å²) in [4.78, 5) is 0. The van der Waals surface area contributed by atoms with E-state index in [4.69, 9.17) is 4.74 Å². The van der Waals surface area contributed by atoms with E-state index in [1.165, 1.54) is 7.11 Å². The van der Waals surface area contributed by atoms with Gasteiger partial charge < -0.3 is 14.8 Å². The molecule has 0 aliphatic heterocycles. The van der Waals surface area contributed by atoms with Gasteiger partial charge in [0.1, 0.15) is 0 Å². The molecular weight excluding hydrogens is 246 g/mol. The Balaban J connectivity index is 2.69. The van der Waals surface area contributed by atoms with E-state index >= 15 is 0 Å². The average molecular weight is 260 g/mol. The second-order valence-electron chi connectivity index (χ2n) is 4.24. The van der Waals surface area contributed by atoms with Gasteiger partial charge in [-0.25, -0.2) is 4.39 Å². The number of aryl methyl sites for hydroxylation is 1. The number of halogens is 1. The van der Waals surface area contributed by atoms with Gasteiger partial charge in [0, 0.05) is 5.56 Å². The van der Waals surface area contributed by atoms with Crippen LogP contribution >= 0.6 is 0 Å². The Labute approximate surface area is 111 Å². The number of rotatable bonds is 3. The van der Waals surface area contributed by atoms with Gasteiger partial charge in [-0.1, -0.05) is 36.4 Å². The second-order valence-corrected chi connectivity index (χ2v) is 4.24. The van der Waals surface area contributed by atoms with Crippen LogP contribution in [0.15, 0.2) is 36.4 Å². The van der Waals surface area contributed by atoms with Gasteiger partial charge in [0.25, 0.3) is 0 Å². The highest BCUT2D eigenvalue weighted by Gasteiger charge is 2.20. The standard InChI is InChI=1S/C14H14BFO3/c1-9-7-8-11(14(19-2)13(9)16)10-5-3-4-6-12(10)15(17)18/h3-8,17-18H,1-2H3. The number of ether oxygens (including phenoxy) is 1. The zero-order valence-corrected chi connectivity index (χ0v) is 10.7. The Hall–Kier alpha value is -1.85. The third-order valence-electron chi connectivity index (χ3n) is 3.02. The van der Waals surface area contributed by atoms with Crippen molar-refractivity contribution in [2.75, 3.05) is 7.11 Å². The highest BCUT2D eigenvalue weighted by molar-refractivity contribution is 6.60. The van der Waals surface area contributed by atoms with Gasteiger partial charge in [0.2, 0.25) is 0 Å². The molecule has 2 aromatic carbocycles. The predicted octanol–water partition coefficient (Wildman–Crippen LogP) is 1.49. The largest absolute Gasteiger partial charge is 0.493 e. The molecule has 2 aromatic rings. The lowest BCUT2D eigenvalue weighted by atomic mass is 9.75. The van der Waals surface area contributed by atoms with Crippen LogP contribution in [-0.4, -0.2) is 24.3 Å². The van der Waals surface area contributed by atoms with Crippen LogP contribution in [0.4, 0.5) is 4.39 Å². The molecule has 3 nitrogen and oxygen atoms in total. The van der Waals surface area contributed by atoms with Gasteiger partial charge in [0.15, 0.2) is 11.6 Å². The van der Waals surface area contributed by atoms with Crippen molar-refractivity contribution in [2.24, 2.45) is 0 Å². The summed E-state index contributed by atoms with van der Waals surface area (Å²) in [5, 5.41) is 18.7. The van der Waals surface area contributed by atoms with Gasteiger partial charge >= 0.3 is 7.12 Å². The fraction of sp³-hybridized carbons (Fsp3) is 0.143. The van der Waals surface area contributed by atoms with Gasteiger partial charge in [0.05, 0.1) is 7.11 Å². The van der Waals surface area contributed by atoms with Crippen molar-refractivity contribution in [3.8, 4) is 16.9 Å². The fourth-order valence-electron chi connectivity index (χ4n) is 2.03. The molecule has 0 bridgehead atoms. The molecule has 0 aromatic heterocycles. The normalized spacial score (nSPS) is 10.4. The summed E-state index contributed by atoms with van der Waals surface area (Å²) in [6.07, 6.45) is 0. The third-order valence-corrected chi connectivity index (χ3v) is 3.02. The summed E-state index contributed by atoms with van der Waals surface area (Å²) in [7, 11) is -0.232. The first-order valence-corrected chi connectivity index (χ1v) is 5.84. The SMILES string of the molecule is COc1c(-c2ccccc2B(O)O)ccc(C)c1F. The molecule has 98 valence electrons. The van der Waals surface area contributed by atoms with Crippen LogP contribution in [0, 0.1) is 12.7 Å². The van der Waals surface area contributed by atoms with Crippen LogP contribution in [0.1, 0.15) is 5.56 Å². The first-order valence-electron chi connectivity index (χ1n) is 5.84. The highest BCUT2D eigenvalue weighted by Crippen LogP contribution is 2.33. The van der Waals surface area contributed by atoms with Crippen molar-refractivity contribution in [3.05, 3.63) is 47.8 Å². The van der Waals surface area contributed by atoms with E-state index in [1.54, 1.807) is 43.3 Å². The van der Waals surface area contributed by atoms with Crippen LogP contribution in [0.2, 0.25) is 0 Å². The van der Waals surface area contributed by atoms with Crippen LogP contribution < -0.4 is 10.2 Å². The maximum absolute atomic E-state index is 14.0. The summed E-state index contributed by atoms with van der Waals surface area (Å²) in [5.74, 6) is -0.338. The van der Waals surface area contributed by atoms with E-state index in [9.17, 15) is 14.4 Å². The van der Waals surface area contributed by atoms with E-state index in [0.29, 0.717) is 22.2 Å². The minimum Gasteiger partial charge on any atom is -0.493 e. The summed E-state index contributed by atoms with van der Waals surface area (Å²) in [5.41, 5.74) is 1.81. The molecule has 0 fully saturated rings. The number of methoxy groups -OCH3 is 1. The summed E-state index contributed by atoms with van der Waals surface area (Å²) >= 11 is 0. The molecule has 0 aliphatic carbocycles. The molecule has 2 rings (SSSR count). The second kappa shape index (κ2) is 5.42. The van der Waals surface area contributed by atoms with Crippen molar-refractivity contribution >= 4 is 12.6 Å². The van der Waals surface area contributed by atoms with Crippen molar-refractivity contribution < 1.29 is 19.2 Å². The third kappa shape index (κ3) is 2.48. The van der Waals surface area contributed by atoms with Crippen molar-refractivity contribution in [3.63, 3.8) is 0 Å². The van der Waals surface area contributed by atoms with E-state index in [-0.39, 0.29) is 5.75 Å². The van der Waals surface area contributed by atoms with Crippen LogP contribution in [-0.2, 0) is 0 Å². The van der Waals surface area contributed by atoms with Crippen molar-refractivity contribution in [1.29, 1.82) is 0 Å². The maximum Gasteiger partial charge on any atom is 0.489 e. The first kappa shape index (κ1) is 13.6. The smallest absolute Gasteiger partial charge is 0.489 e. The lowest BCUT2D eigenvalue weighted by Crippen LogP contribution is -2.31. The van der Waals surface area contributed by atoms with E-state index in [1.807, 2.05) is 0 Å². The van der Waals surface area contributed by atoms with Crippen LogP contribution in [0.3, 0.4) is 0 Å². The summed E-state index contributed by atoms with van der Waals surface area (Å²) in [6.45, 7) is 1.65. The number of hydrogen-bond donors (Lipinski definition) is 2. The molecule has 2 N–H and O–H groups in total. The lowest BCUT2D eigenvalue weighted by Gasteiger charge is -2.14. The van der Waals surface area contributed by atoms with Gasteiger partial charge in [-0.15, -0.1) is 0 Å². The molecule has 0 radical (unpaired) electrons. The molecule has 0 unspecified atom stereocenters. The predicted molar refractivity (Wildman–Crippen MR) is 73.0 cm³/mol. The Morgan fingerprint density at radius 2 is 1.74 bits per heavy atom. The minimum absolute atomic E-state index is 0.105. The summed E-state index contributed by atoms with van der Waals surface area (Å²) < 4.78 is 19.1. The maximum atomic E-state index is 14.0. The van der Waals surface area contributed by atoms with Crippen LogP contribution in [0.5, 0.6) is 5.75 Å².